The van der Waals surface area contributed by atoms with Crippen molar-refractivity contribution in [2.75, 3.05) is 39.3 Å². The Morgan fingerprint density at radius 3 is 2.45 bits per heavy atom. The first-order valence-corrected chi connectivity index (χ1v) is 7.52. The van der Waals surface area contributed by atoms with E-state index < -0.39 is 0 Å². The summed E-state index contributed by atoms with van der Waals surface area (Å²) in [6.45, 7) is 5.79. The molecule has 3 N–H and O–H groups in total. The maximum atomic E-state index is 8.93. The first kappa shape index (κ1) is 15.7. The van der Waals surface area contributed by atoms with Gasteiger partial charge in [-0.2, -0.15) is 0 Å². The lowest BCUT2D eigenvalue weighted by Crippen LogP contribution is -2.46. The number of β-amino-alcohol motifs (C(OH)–C–C–N with tert-alkyl or cyclic N) is 1. The number of nitrogens with zero attached hydrogens (tertiary/aromatic N) is 2. The Balaban J connectivity index is 1.93. The van der Waals surface area contributed by atoms with E-state index in [9.17, 15) is 0 Å². The highest BCUT2D eigenvalue weighted by molar-refractivity contribution is 7.80. The van der Waals surface area contributed by atoms with Crippen LogP contribution in [-0.2, 0) is 6.54 Å². The molecule has 0 amide bonds. The van der Waals surface area contributed by atoms with Gasteiger partial charge in [0.25, 0.3) is 0 Å². The van der Waals surface area contributed by atoms with Crippen LogP contribution in [0.3, 0.4) is 0 Å². The Morgan fingerprint density at radius 2 is 1.90 bits per heavy atom. The van der Waals surface area contributed by atoms with Crippen molar-refractivity contribution in [1.82, 2.24) is 9.80 Å². The number of benzene rings is 1. The van der Waals surface area contributed by atoms with Crippen LogP contribution >= 0.6 is 23.8 Å². The van der Waals surface area contributed by atoms with E-state index in [1.54, 1.807) is 0 Å². The zero-order valence-electron chi connectivity index (χ0n) is 11.4. The van der Waals surface area contributed by atoms with Gasteiger partial charge in [-0.3, -0.25) is 9.80 Å². The molecule has 0 spiro atoms. The van der Waals surface area contributed by atoms with Gasteiger partial charge in [-0.05, 0) is 11.6 Å². The fourth-order valence-electron chi connectivity index (χ4n) is 2.38. The van der Waals surface area contributed by atoms with Crippen LogP contribution in [0.15, 0.2) is 18.2 Å². The first-order chi connectivity index (χ1) is 9.60. The second-order valence-electron chi connectivity index (χ2n) is 5.01. The van der Waals surface area contributed by atoms with Crippen LogP contribution in [0.5, 0.6) is 0 Å². The maximum absolute atomic E-state index is 8.93. The van der Waals surface area contributed by atoms with E-state index in [0.29, 0.717) is 10.0 Å². The molecule has 0 aromatic heterocycles. The van der Waals surface area contributed by atoms with Gasteiger partial charge in [0.15, 0.2) is 0 Å². The molecule has 1 aromatic rings. The van der Waals surface area contributed by atoms with E-state index in [2.05, 4.69) is 9.80 Å². The monoisotopic (exact) mass is 313 g/mol. The Hall–Kier alpha value is -0.720. The van der Waals surface area contributed by atoms with Crippen LogP contribution in [0.25, 0.3) is 0 Å². The SMILES string of the molecule is NC(=S)c1ccc(CN2CCN(CCO)CC2)c(Cl)c1. The third kappa shape index (κ3) is 4.14. The number of piperazine rings is 1. The summed E-state index contributed by atoms with van der Waals surface area (Å²) in [7, 11) is 0. The second kappa shape index (κ2) is 7.33. The standard InChI is InChI=1S/C14H20ClN3OS/c15-13-9-11(14(16)20)1-2-12(13)10-18-5-3-17(4-6-18)7-8-19/h1-2,9,19H,3-8,10H2,(H2,16,20). The summed E-state index contributed by atoms with van der Waals surface area (Å²) in [6, 6.07) is 5.75. The fraction of sp³-hybridized carbons (Fsp3) is 0.500. The molecular weight excluding hydrogens is 294 g/mol. The highest BCUT2D eigenvalue weighted by Gasteiger charge is 2.17. The van der Waals surface area contributed by atoms with Gasteiger partial charge in [0.2, 0.25) is 0 Å². The average Bonchev–Trinajstić information content (AvgIpc) is 2.43. The largest absolute Gasteiger partial charge is 0.395 e. The summed E-state index contributed by atoms with van der Waals surface area (Å²) in [5.41, 5.74) is 7.50. The van der Waals surface area contributed by atoms with Crippen LogP contribution in [-0.4, -0.2) is 59.2 Å². The molecule has 0 aliphatic carbocycles. The van der Waals surface area contributed by atoms with Gasteiger partial charge in [-0.25, -0.2) is 0 Å². The summed E-state index contributed by atoms with van der Waals surface area (Å²) in [5.74, 6) is 0. The van der Waals surface area contributed by atoms with Crippen molar-refractivity contribution in [3.05, 3.63) is 34.3 Å². The van der Waals surface area contributed by atoms with Crippen LogP contribution in [0.1, 0.15) is 11.1 Å². The van der Waals surface area contributed by atoms with Crippen molar-refractivity contribution in [1.29, 1.82) is 0 Å². The number of thiocarbonyl (C=S) groups is 1. The Bertz CT molecular complexity index is 475. The molecule has 0 atom stereocenters. The molecule has 0 bridgehead atoms. The predicted molar refractivity (Wildman–Crippen MR) is 86.1 cm³/mol. The molecule has 1 aromatic carbocycles. The lowest BCUT2D eigenvalue weighted by atomic mass is 10.1. The van der Waals surface area contributed by atoms with E-state index in [-0.39, 0.29) is 6.61 Å². The third-order valence-electron chi connectivity index (χ3n) is 3.61. The van der Waals surface area contributed by atoms with Gasteiger partial charge in [-0.1, -0.05) is 36.0 Å². The van der Waals surface area contributed by atoms with Crippen LogP contribution in [0, 0.1) is 0 Å². The number of nitrogens with two attached hydrogens (primary N) is 1. The van der Waals surface area contributed by atoms with Crippen molar-refractivity contribution in [2.24, 2.45) is 5.73 Å². The molecule has 1 aliphatic rings. The summed E-state index contributed by atoms with van der Waals surface area (Å²) in [4.78, 5) is 5.01. The third-order valence-corrected chi connectivity index (χ3v) is 4.20. The zero-order chi connectivity index (χ0) is 14.5. The van der Waals surface area contributed by atoms with Crippen molar-refractivity contribution in [2.45, 2.75) is 6.54 Å². The van der Waals surface area contributed by atoms with E-state index in [4.69, 9.17) is 34.7 Å². The fourth-order valence-corrected chi connectivity index (χ4v) is 2.75. The Kier molecular flexibility index (Phi) is 5.74. The molecule has 2 rings (SSSR count). The molecule has 1 fully saturated rings. The molecule has 1 aliphatic heterocycles. The van der Waals surface area contributed by atoms with Gasteiger partial charge in [-0.15, -0.1) is 0 Å². The number of hydrogen-bond acceptors (Lipinski definition) is 4. The second-order valence-corrected chi connectivity index (χ2v) is 5.86. The number of aliphatic hydroxyl groups is 1. The highest BCUT2D eigenvalue weighted by Crippen LogP contribution is 2.20. The van der Waals surface area contributed by atoms with Crippen molar-refractivity contribution >= 4 is 28.8 Å². The van der Waals surface area contributed by atoms with E-state index in [1.165, 1.54) is 0 Å². The smallest absolute Gasteiger partial charge is 0.104 e. The van der Waals surface area contributed by atoms with Crippen molar-refractivity contribution in [3.63, 3.8) is 0 Å². The topological polar surface area (TPSA) is 52.7 Å². The summed E-state index contributed by atoms with van der Waals surface area (Å²) in [5, 5.41) is 9.65. The van der Waals surface area contributed by atoms with Crippen molar-refractivity contribution < 1.29 is 5.11 Å². The number of hydrogen-bond donors (Lipinski definition) is 2. The van der Waals surface area contributed by atoms with Gasteiger partial charge >= 0.3 is 0 Å². The minimum absolute atomic E-state index is 0.228. The van der Waals surface area contributed by atoms with Gasteiger partial charge in [0.05, 0.1) is 6.61 Å². The lowest BCUT2D eigenvalue weighted by Gasteiger charge is -2.34. The zero-order valence-corrected chi connectivity index (χ0v) is 13.0. The molecular formula is C14H20ClN3OS. The van der Waals surface area contributed by atoms with Crippen molar-refractivity contribution in [3.8, 4) is 0 Å². The minimum Gasteiger partial charge on any atom is -0.395 e. The van der Waals surface area contributed by atoms with Gasteiger partial charge in [0, 0.05) is 49.9 Å². The summed E-state index contributed by atoms with van der Waals surface area (Å²) < 4.78 is 0. The van der Waals surface area contributed by atoms with E-state index >= 15 is 0 Å². The molecule has 0 saturated carbocycles. The minimum atomic E-state index is 0.228. The summed E-state index contributed by atoms with van der Waals surface area (Å²) in [6.07, 6.45) is 0. The quantitative estimate of drug-likeness (QED) is 0.797. The molecule has 0 unspecified atom stereocenters. The predicted octanol–water partition coefficient (Wildman–Crippen LogP) is 1.08. The molecule has 4 nitrogen and oxygen atoms in total. The molecule has 6 heteroatoms. The van der Waals surface area contributed by atoms with Crippen LogP contribution in [0.2, 0.25) is 5.02 Å². The molecule has 20 heavy (non-hydrogen) atoms. The number of aliphatic hydroxyl groups excluding tert-OH is 1. The summed E-state index contributed by atoms with van der Waals surface area (Å²) >= 11 is 11.2. The number of rotatable bonds is 5. The van der Waals surface area contributed by atoms with Crippen LogP contribution < -0.4 is 5.73 Å². The highest BCUT2D eigenvalue weighted by atomic mass is 35.5. The van der Waals surface area contributed by atoms with E-state index in [1.807, 2.05) is 18.2 Å². The Labute approximate surface area is 130 Å². The normalized spacial score (nSPS) is 17.3. The molecule has 1 heterocycles. The van der Waals surface area contributed by atoms with Crippen LogP contribution in [0.4, 0.5) is 0 Å². The van der Waals surface area contributed by atoms with Gasteiger partial charge in [0.1, 0.15) is 4.99 Å². The van der Waals surface area contributed by atoms with E-state index in [0.717, 1.165) is 50.4 Å². The lowest BCUT2D eigenvalue weighted by molar-refractivity contribution is 0.108. The molecule has 0 radical (unpaired) electrons. The molecule has 110 valence electrons. The van der Waals surface area contributed by atoms with Gasteiger partial charge < -0.3 is 10.8 Å². The first-order valence-electron chi connectivity index (χ1n) is 6.74. The Morgan fingerprint density at radius 1 is 1.25 bits per heavy atom. The number of halogens is 1. The molecule has 1 saturated heterocycles. The average molecular weight is 314 g/mol. The maximum Gasteiger partial charge on any atom is 0.104 e.